The largest absolute Gasteiger partial charge is 0.380 e. The number of anilines is 1. The lowest BCUT2D eigenvalue weighted by molar-refractivity contribution is -0.387. The summed E-state index contributed by atoms with van der Waals surface area (Å²) in [6.45, 7) is 1.90. The molecule has 0 saturated heterocycles. The molecule has 0 heterocycles. The van der Waals surface area contributed by atoms with E-state index in [2.05, 4.69) is 5.32 Å². The number of nitro benzene ring substituents is 1. The van der Waals surface area contributed by atoms with Crippen LogP contribution in [0.15, 0.2) is 12.1 Å². The Kier molecular flexibility index (Phi) is 3.97. The molecule has 1 aromatic carbocycles. The molecule has 0 amide bonds. The summed E-state index contributed by atoms with van der Waals surface area (Å²) in [4.78, 5) is 9.77. The van der Waals surface area contributed by atoms with E-state index >= 15 is 0 Å². The summed E-state index contributed by atoms with van der Waals surface area (Å²) < 4.78 is 26.7. The maximum atomic E-state index is 13.6. The molecule has 0 bridgehead atoms. The molecular weight excluding hydrogens is 254 g/mol. The van der Waals surface area contributed by atoms with E-state index in [-0.39, 0.29) is 11.7 Å². The third-order valence-corrected chi connectivity index (χ3v) is 3.55. The standard InChI is InChI=1S/C13H16F2N2O2/c1-8(5-9-3-2-4-9)16-12-7-13(17(18)19)11(15)6-10(12)14/h6-9,16H,2-5H2,1H3. The lowest BCUT2D eigenvalue weighted by Crippen LogP contribution is -2.23. The lowest BCUT2D eigenvalue weighted by atomic mass is 9.81. The Labute approximate surface area is 110 Å². The molecule has 19 heavy (non-hydrogen) atoms. The van der Waals surface area contributed by atoms with Crippen molar-refractivity contribution < 1.29 is 13.7 Å². The quantitative estimate of drug-likeness (QED) is 0.652. The van der Waals surface area contributed by atoms with Crippen LogP contribution in [0.5, 0.6) is 0 Å². The Morgan fingerprint density at radius 3 is 2.63 bits per heavy atom. The Balaban J connectivity index is 2.09. The molecule has 0 aliphatic heterocycles. The van der Waals surface area contributed by atoms with Gasteiger partial charge in [0.05, 0.1) is 10.6 Å². The van der Waals surface area contributed by atoms with Gasteiger partial charge in [-0.15, -0.1) is 0 Å². The first-order valence-electron chi connectivity index (χ1n) is 6.37. The first-order valence-corrected chi connectivity index (χ1v) is 6.37. The molecule has 104 valence electrons. The molecule has 1 atom stereocenters. The van der Waals surface area contributed by atoms with Crippen LogP contribution in [0, 0.1) is 27.7 Å². The van der Waals surface area contributed by atoms with Gasteiger partial charge in [0.1, 0.15) is 5.82 Å². The van der Waals surface area contributed by atoms with Crippen LogP contribution in [0.2, 0.25) is 0 Å². The fourth-order valence-corrected chi connectivity index (χ4v) is 2.34. The molecule has 1 fully saturated rings. The van der Waals surface area contributed by atoms with Gasteiger partial charge in [0, 0.05) is 18.2 Å². The molecule has 4 nitrogen and oxygen atoms in total. The van der Waals surface area contributed by atoms with Gasteiger partial charge in [-0.1, -0.05) is 19.3 Å². The van der Waals surface area contributed by atoms with Crippen molar-refractivity contribution in [3.8, 4) is 0 Å². The molecule has 0 aromatic heterocycles. The molecular formula is C13H16F2N2O2. The summed E-state index contributed by atoms with van der Waals surface area (Å²) in [6, 6.07) is 1.48. The molecule has 1 aliphatic carbocycles. The van der Waals surface area contributed by atoms with E-state index in [1.807, 2.05) is 6.92 Å². The Bertz CT molecular complexity index is 490. The van der Waals surface area contributed by atoms with Gasteiger partial charge < -0.3 is 5.32 Å². The maximum Gasteiger partial charge on any atom is 0.307 e. The highest BCUT2D eigenvalue weighted by Crippen LogP contribution is 2.32. The predicted octanol–water partition coefficient (Wildman–Crippen LogP) is 3.86. The van der Waals surface area contributed by atoms with Crippen LogP contribution in [0.25, 0.3) is 0 Å². The summed E-state index contributed by atoms with van der Waals surface area (Å²) in [5.74, 6) is -1.32. The zero-order valence-corrected chi connectivity index (χ0v) is 10.7. The van der Waals surface area contributed by atoms with Gasteiger partial charge in [0.25, 0.3) is 0 Å². The van der Waals surface area contributed by atoms with E-state index in [0.29, 0.717) is 12.0 Å². The number of halogens is 2. The minimum atomic E-state index is -1.15. The average molecular weight is 270 g/mol. The Morgan fingerprint density at radius 2 is 2.11 bits per heavy atom. The normalized spacial score (nSPS) is 16.8. The van der Waals surface area contributed by atoms with Crippen molar-refractivity contribution in [2.24, 2.45) is 5.92 Å². The van der Waals surface area contributed by atoms with E-state index in [1.165, 1.54) is 19.3 Å². The topological polar surface area (TPSA) is 55.2 Å². The van der Waals surface area contributed by atoms with Crippen molar-refractivity contribution in [2.75, 3.05) is 5.32 Å². The lowest BCUT2D eigenvalue weighted by Gasteiger charge is -2.28. The number of nitrogens with one attached hydrogen (secondary N) is 1. The first kappa shape index (κ1) is 13.7. The number of benzene rings is 1. The smallest absolute Gasteiger partial charge is 0.307 e. The summed E-state index contributed by atoms with van der Waals surface area (Å²) in [5.41, 5.74) is -0.723. The summed E-state index contributed by atoms with van der Waals surface area (Å²) in [5, 5.41) is 13.5. The van der Waals surface area contributed by atoms with Crippen LogP contribution >= 0.6 is 0 Å². The van der Waals surface area contributed by atoms with Gasteiger partial charge in [0.2, 0.25) is 5.82 Å². The number of hydrogen-bond acceptors (Lipinski definition) is 3. The number of rotatable bonds is 5. The molecule has 1 N–H and O–H groups in total. The SMILES string of the molecule is CC(CC1CCC1)Nc1cc([N+](=O)[O-])c(F)cc1F. The van der Waals surface area contributed by atoms with Crippen LogP contribution in [0.3, 0.4) is 0 Å². The van der Waals surface area contributed by atoms with E-state index in [4.69, 9.17) is 0 Å². The molecule has 1 unspecified atom stereocenters. The second kappa shape index (κ2) is 5.50. The minimum absolute atomic E-state index is 0.00450. The summed E-state index contributed by atoms with van der Waals surface area (Å²) >= 11 is 0. The van der Waals surface area contributed by atoms with Gasteiger partial charge in [-0.3, -0.25) is 10.1 Å². The van der Waals surface area contributed by atoms with Gasteiger partial charge in [-0.05, 0) is 19.3 Å². The van der Waals surface area contributed by atoms with E-state index in [1.54, 1.807) is 0 Å². The second-order valence-electron chi connectivity index (χ2n) is 5.12. The van der Waals surface area contributed by atoms with Crippen LogP contribution in [-0.4, -0.2) is 11.0 Å². The first-order chi connectivity index (χ1) is 8.97. The molecule has 0 radical (unpaired) electrons. The fraction of sp³-hybridized carbons (Fsp3) is 0.538. The van der Waals surface area contributed by atoms with E-state index in [0.717, 1.165) is 12.5 Å². The third kappa shape index (κ3) is 3.19. The van der Waals surface area contributed by atoms with Crippen LogP contribution in [-0.2, 0) is 0 Å². The van der Waals surface area contributed by atoms with Crippen molar-refractivity contribution in [1.29, 1.82) is 0 Å². The number of nitro groups is 1. The minimum Gasteiger partial charge on any atom is -0.380 e. The molecule has 1 saturated carbocycles. The van der Waals surface area contributed by atoms with Crippen molar-refractivity contribution >= 4 is 11.4 Å². The molecule has 6 heteroatoms. The molecule has 1 aliphatic rings. The van der Waals surface area contributed by atoms with E-state index < -0.39 is 22.2 Å². The Morgan fingerprint density at radius 1 is 1.42 bits per heavy atom. The van der Waals surface area contributed by atoms with Gasteiger partial charge in [-0.25, -0.2) is 4.39 Å². The maximum absolute atomic E-state index is 13.6. The predicted molar refractivity (Wildman–Crippen MR) is 68.1 cm³/mol. The third-order valence-electron chi connectivity index (χ3n) is 3.55. The Hall–Kier alpha value is -1.72. The van der Waals surface area contributed by atoms with Crippen molar-refractivity contribution in [1.82, 2.24) is 0 Å². The van der Waals surface area contributed by atoms with Gasteiger partial charge >= 0.3 is 5.69 Å². The zero-order valence-electron chi connectivity index (χ0n) is 10.7. The highest BCUT2D eigenvalue weighted by atomic mass is 19.1. The summed E-state index contributed by atoms with van der Waals surface area (Å²) in [7, 11) is 0. The second-order valence-corrected chi connectivity index (χ2v) is 5.12. The van der Waals surface area contributed by atoms with Crippen LogP contribution in [0.4, 0.5) is 20.2 Å². The zero-order chi connectivity index (χ0) is 14.0. The summed E-state index contributed by atoms with van der Waals surface area (Å²) in [6.07, 6.45) is 4.48. The van der Waals surface area contributed by atoms with Crippen LogP contribution in [0.1, 0.15) is 32.6 Å². The van der Waals surface area contributed by atoms with Gasteiger partial charge in [0.15, 0.2) is 0 Å². The molecule has 0 spiro atoms. The van der Waals surface area contributed by atoms with Crippen molar-refractivity contribution in [2.45, 2.75) is 38.6 Å². The number of hydrogen-bond donors (Lipinski definition) is 1. The van der Waals surface area contributed by atoms with Crippen LogP contribution < -0.4 is 5.32 Å². The van der Waals surface area contributed by atoms with E-state index in [9.17, 15) is 18.9 Å². The van der Waals surface area contributed by atoms with Crippen molar-refractivity contribution in [3.05, 3.63) is 33.9 Å². The van der Waals surface area contributed by atoms with Crippen molar-refractivity contribution in [3.63, 3.8) is 0 Å². The molecule has 1 aromatic rings. The highest BCUT2D eigenvalue weighted by Gasteiger charge is 2.22. The fourth-order valence-electron chi connectivity index (χ4n) is 2.34. The monoisotopic (exact) mass is 270 g/mol. The highest BCUT2D eigenvalue weighted by molar-refractivity contribution is 5.53. The number of nitrogens with zero attached hydrogens (tertiary/aromatic N) is 1. The van der Waals surface area contributed by atoms with Gasteiger partial charge in [-0.2, -0.15) is 4.39 Å². The average Bonchev–Trinajstić information content (AvgIpc) is 2.27. The molecule has 2 rings (SSSR count).